The molecule has 1 atom stereocenters. The highest BCUT2D eigenvalue weighted by Gasteiger charge is 2.22. The molecule has 1 N–H and O–H groups in total. The SMILES string of the molecule is Cc1cc(C2CCC2)nc(CC(C)C(=O)O)n1. The molecular weight excluding hydrogens is 216 g/mol. The Balaban J connectivity index is 2.16. The fraction of sp³-hybridized carbons (Fsp3) is 0.615. The molecule has 0 bridgehead atoms. The van der Waals surface area contributed by atoms with Gasteiger partial charge in [-0.15, -0.1) is 0 Å². The summed E-state index contributed by atoms with van der Waals surface area (Å²) in [5.74, 6) is 0.0173. The van der Waals surface area contributed by atoms with Crippen molar-refractivity contribution >= 4 is 5.97 Å². The van der Waals surface area contributed by atoms with Crippen LogP contribution >= 0.6 is 0 Å². The van der Waals surface area contributed by atoms with Crippen LogP contribution in [-0.2, 0) is 11.2 Å². The van der Waals surface area contributed by atoms with Crippen LogP contribution in [0.25, 0.3) is 0 Å². The zero-order chi connectivity index (χ0) is 12.4. The van der Waals surface area contributed by atoms with Gasteiger partial charge in [-0.25, -0.2) is 9.97 Å². The van der Waals surface area contributed by atoms with Crippen LogP contribution in [0.5, 0.6) is 0 Å². The topological polar surface area (TPSA) is 63.1 Å². The maximum absolute atomic E-state index is 10.8. The van der Waals surface area contributed by atoms with Gasteiger partial charge in [0, 0.05) is 23.7 Å². The Kier molecular flexibility index (Phi) is 3.41. The Labute approximate surface area is 101 Å². The van der Waals surface area contributed by atoms with E-state index in [0.717, 1.165) is 11.4 Å². The van der Waals surface area contributed by atoms with Crippen molar-refractivity contribution in [3.63, 3.8) is 0 Å². The quantitative estimate of drug-likeness (QED) is 0.868. The van der Waals surface area contributed by atoms with Crippen LogP contribution in [0.4, 0.5) is 0 Å². The van der Waals surface area contributed by atoms with Crippen LogP contribution in [0.3, 0.4) is 0 Å². The van der Waals surface area contributed by atoms with Gasteiger partial charge in [-0.2, -0.15) is 0 Å². The number of rotatable bonds is 4. The van der Waals surface area contributed by atoms with Crippen molar-refractivity contribution in [3.05, 3.63) is 23.3 Å². The predicted octanol–water partition coefficient (Wildman–Crippen LogP) is 2.32. The molecule has 0 amide bonds. The molecule has 4 heteroatoms. The molecule has 1 aliphatic carbocycles. The normalized spacial score (nSPS) is 17.5. The number of carboxylic acids is 1. The summed E-state index contributed by atoms with van der Waals surface area (Å²) in [6.07, 6.45) is 4.08. The minimum Gasteiger partial charge on any atom is -0.481 e. The molecule has 1 fully saturated rings. The maximum Gasteiger partial charge on any atom is 0.306 e. The number of aryl methyl sites for hydroxylation is 1. The highest BCUT2D eigenvalue weighted by atomic mass is 16.4. The van der Waals surface area contributed by atoms with Gasteiger partial charge in [0.05, 0.1) is 5.92 Å². The first-order valence-corrected chi connectivity index (χ1v) is 6.13. The lowest BCUT2D eigenvalue weighted by atomic mass is 9.82. The average Bonchev–Trinajstić information content (AvgIpc) is 2.13. The molecule has 1 saturated carbocycles. The lowest BCUT2D eigenvalue weighted by Gasteiger charge is -2.25. The van der Waals surface area contributed by atoms with Crippen molar-refractivity contribution in [2.45, 2.75) is 45.4 Å². The van der Waals surface area contributed by atoms with Gasteiger partial charge >= 0.3 is 5.97 Å². The zero-order valence-corrected chi connectivity index (χ0v) is 10.3. The Bertz CT molecular complexity index is 427. The van der Waals surface area contributed by atoms with Crippen molar-refractivity contribution in [2.24, 2.45) is 5.92 Å². The summed E-state index contributed by atoms with van der Waals surface area (Å²) >= 11 is 0. The fourth-order valence-electron chi connectivity index (χ4n) is 2.02. The van der Waals surface area contributed by atoms with E-state index in [1.54, 1.807) is 6.92 Å². The van der Waals surface area contributed by atoms with Gasteiger partial charge in [-0.1, -0.05) is 13.3 Å². The van der Waals surface area contributed by atoms with Crippen molar-refractivity contribution in [1.29, 1.82) is 0 Å². The molecular formula is C13H18N2O2. The molecule has 1 aromatic rings. The molecule has 2 rings (SSSR count). The number of aliphatic carboxylic acids is 1. The summed E-state index contributed by atoms with van der Waals surface area (Å²) in [7, 11) is 0. The van der Waals surface area contributed by atoms with E-state index in [1.807, 2.05) is 13.0 Å². The van der Waals surface area contributed by atoms with Crippen LogP contribution < -0.4 is 0 Å². The molecule has 0 spiro atoms. The zero-order valence-electron chi connectivity index (χ0n) is 10.3. The smallest absolute Gasteiger partial charge is 0.306 e. The summed E-state index contributed by atoms with van der Waals surface area (Å²) in [5.41, 5.74) is 2.03. The van der Waals surface area contributed by atoms with Crippen LogP contribution in [0.2, 0.25) is 0 Å². The molecule has 0 radical (unpaired) electrons. The van der Waals surface area contributed by atoms with Gasteiger partial charge in [0.2, 0.25) is 0 Å². The molecule has 0 saturated heterocycles. The van der Waals surface area contributed by atoms with E-state index in [9.17, 15) is 4.79 Å². The monoisotopic (exact) mass is 234 g/mol. The minimum atomic E-state index is -0.791. The highest BCUT2D eigenvalue weighted by Crippen LogP contribution is 2.35. The second-order valence-corrected chi connectivity index (χ2v) is 4.92. The Morgan fingerprint density at radius 1 is 1.53 bits per heavy atom. The van der Waals surface area contributed by atoms with Gasteiger partial charge in [0.25, 0.3) is 0 Å². The second kappa shape index (κ2) is 4.82. The third-order valence-corrected chi connectivity index (χ3v) is 3.35. The van der Waals surface area contributed by atoms with Crippen LogP contribution in [0, 0.1) is 12.8 Å². The number of nitrogens with zero attached hydrogens (tertiary/aromatic N) is 2. The van der Waals surface area contributed by atoms with Crippen LogP contribution in [0.15, 0.2) is 6.07 Å². The van der Waals surface area contributed by atoms with Crippen LogP contribution in [-0.4, -0.2) is 21.0 Å². The van der Waals surface area contributed by atoms with E-state index < -0.39 is 11.9 Å². The number of hydrogen-bond donors (Lipinski definition) is 1. The number of aromatic nitrogens is 2. The second-order valence-electron chi connectivity index (χ2n) is 4.92. The average molecular weight is 234 g/mol. The van der Waals surface area contributed by atoms with Gasteiger partial charge in [0.1, 0.15) is 5.82 Å². The number of carboxylic acid groups (broad SMARTS) is 1. The van der Waals surface area contributed by atoms with Crippen molar-refractivity contribution in [2.75, 3.05) is 0 Å². The van der Waals surface area contributed by atoms with E-state index in [1.165, 1.54) is 19.3 Å². The maximum atomic E-state index is 10.8. The van der Waals surface area contributed by atoms with E-state index >= 15 is 0 Å². The summed E-state index contributed by atoms with van der Waals surface area (Å²) in [6.45, 7) is 3.63. The van der Waals surface area contributed by atoms with Gasteiger partial charge in [-0.05, 0) is 25.8 Å². The Hall–Kier alpha value is -1.45. The molecule has 1 heterocycles. The summed E-state index contributed by atoms with van der Waals surface area (Å²) in [4.78, 5) is 19.6. The first-order chi connectivity index (χ1) is 8.06. The van der Waals surface area contributed by atoms with E-state index in [-0.39, 0.29) is 0 Å². The third kappa shape index (κ3) is 2.81. The fourth-order valence-corrected chi connectivity index (χ4v) is 2.02. The van der Waals surface area contributed by atoms with Gasteiger partial charge < -0.3 is 5.11 Å². The summed E-state index contributed by atoms with van der Waals surface area (Å²) in [6, 6.07) is 2.03. The Morgan fingerprint density at radius 3 is 2.76 bits per heavy atom. The molecule has 1 aliphatic rings. The van der Waals surface area contributed by atoms with Crippen molar-refractivity contribution in [1.82, 2.24) is 9.97 Å². The van der Waals surface area contributed by atoms with Gasteiger partial charge in [-0.3, -0.25) is 4.79 Å². The van der Waals surface area contributed by atoms with E-state index in [2.05, 4.69) is 9.97 Å². The first kappa shape index (κ1) is 12.0. The first-order valence-electron chi connectivity index (χ1n) is 6.13. The molecule has 1 unspecified atom stereocenters. The molecule has 0 aliphatic heterocycles. The summed E-state index contributed by atoms with van der Waals surface area (Å²) in [5, 5.41) is 8.89. The molecule has 17 heavy (non-hydrogen) atoms. The van der Waals surface area contributed by atoms with Crippen LogP contribution in [0.1, 0.15) is 49.3 Å². The highest BCUT2D eigenvalue weighted by molar-refractivity contribution is 5.69. The van der Waals surface area contributed by atoms with Gasteiger partial charge in [0.15, 0.2) is 0 Å². The van der Waals surface area contributed by atoms with Crippen molar-refractivity contribution < 1.29 is 9.90 Å². The van der Waals surface area contributed by atoms with E-state index in [4.69, 9.17) is 5.11 Å². The minimum absolute atomic E-state index is 0.413. The molecule has 1 aromatic heterocycles. The number of hydrogen-bond acceptors (Lipinski definition) is 3. The lowest BCUT2D eigenvalue weighted by molar-refractivity contribution is -0.141. The third-order valence-electron chi connectivity index (χ3n) is 3.35. The molecule has 4 nitrogen and oxygen atoms in total. The number of carbonyl (C=O) groups is 1. The Morgan fingerprint density at radius 2 is 2.24 bits per heavy atom. The predicted molar refractivity (Wildman–Crippen MR) is 63.9 cm³/mol. The summed E-state index contributed by atoms with van der Waals surface area (Å²) < 4.78 is 0. The lowest BCUT2D eigenvalue weighted by Crippen LogP contribution is -2.17. The molecule has 0 aromatic carbocycles. The molecule has 92 valence electrons. The standard InChI is InChI=1S/C13H18N2O2/c1-8(13(16)17)6-12-14-9(2)7-11(15-12)10-4-3-5-10/h7-8,10H,3-6H2,1-2H3,(H,16,17). The van der Waals surface area contributed by atoms with E-state index in [0.29, 0.717) is 18.2 Å². The largest absolute Gasteiger partial charge is 0.481 e. The van der Waals surface area contributed by atoms with Crippen molar-refractivity contribution in [3.8, 4) is 0 Å².